The molecule has 0 bridgehead atoms. The number of amides is 2. The maximum atomic E-state index is 11.9. The third-order valence-electron chi connectivity index (χ3n) is 2.57. The van der Waals surface area contributed by atoms with Gasteiger partial charge in [0.1, 0.15) is 11.6 Å². The second kappa shape index (κ2) is 5.56. The molecule has 104 valence electrons. The van der Waals surface area contributed by atoms with Crippen molar-refractivity contribution in [2.24, 2.45) is 0 Å². The van der Waals surface area contributed by atoms with Crippen LogP contribution in [-0.2, 0) is 9.53 Å². The molecular formula is C12H22N2O4. The fraction of sp³-hybridized carbons (Fsp3) is 0.833. The summed E-state index contributed by atoms with van der Waals surface area (Å²) in [5, 5.41) is 11.7. The van der Waals surface area contributed by atoms with Crippen molar-refractivity contribution >= 4 is 12.0 Å². The summed E-state index contributed by atoms with van der Waals surface area (Å²) in [7, 11) is 0. The van der Waals surface area contributed by atoms with Crippen molar-refractivity contribution in [1.82, 2.24) is 10.2 Å². The predicted octanol–water partition coefficient (Wildman–Crippen LogP) is 0.493. The quantitative estimate of drug-likeness (QED) is 0.772. The number of likely N-dealkylation sites (tertiary alicyclic amines) is 1. The Hall–Kier alpha value is -1.30. The van der Waals surface area contributed by atoms with Crippen molar-refractivity contribution in [1.29, 1.82) is 0 Å². The van der Waals surface area contributed by atoms with Crippen LogP contribution >= 0.6 is 0 Å². The van der Waals surface area contributed by atoms with Gasteiger partial charge in [-0.05, 0) is 27.2 Å². The number of alkyl carbamates (subject to hydrolysis) is 1. The van der Waals surface area contributed by atoms with Gasteiger partial charge >= 0.3 is 6.09 Å². The normalized spacial score (nSPS) is 17.9. The van der Waals surface area contributed by atoms with E-state index < -0.39 is 23.8 Å². The van der Waals surface area contributed by atoms with E-state index in [4.69, 9.17) is 9.84 Å². The summed E-state index contributed by atoms with van der Waals surface area (Å²) in [5.74, 6) is -0.173. The first-order valence-electron chi connectivity index (χ1n) is 6.19. The van der Waals surface area contributed by atoms with Crippen molar-refractivity contribution in [3.63, 3.8) is 0 Å². The Morgan fingerprint density at radius 3 is 2.39 bits per heavy atom. The van der Waals surface area contributed by atoms with Crippen molar-refractivity contribution in [2.45, 2.75) is 51.9 Å². The zero-order valence-corrected chi connectivity index (χ0v) is 11.4. The Kier molecular flexibility index (Phi) is 4.56. The highest BCUT2D eigenvalue weighted by Crippen LogP contribution is 2.12. The monoisotopic (exact) mass is 258 g/mol. The molecule has 0 spiro atoms. The molecule has 6 nitrogen and oxygen atoms in total. The Morgan fingerprint density at radius 1 is 1.44 bits per heavy atom. The van der Waals surface area contributed by atoms with Crippen LogP contribution in [0, 0.1) is 0 Å². The van der Waals surface area contributed by atoms with Crippen LogP contribution < -0.4 is 5.32 Å². The number of rotatable bonds is 3. The second-order valence-corrected chi connectivity index (χ2v) is 5.50. The van der Waals surface area contributed by atoms with E-state index in [2.05, 4.69) is 5.32 Å². The van der Waals surface area contributed by atoms with E-state index in [-0.39, 0.29) is 5.91 Å². The van der Waals surface area contributed by atoms with Gasteiger partial charge < -0.3 is 20.1 Å². The van der Waals surface area contributed by atoms with Gasteiger partial charge in [-0.3, -0.25) is 4.79 Å². The third kappa shape index (κ3) is 4.18. The van der Waals surface area contributed by atoms with E-state index in [9.17, 15) is 9.59 Å². The van der Waals surface area contributed by atoms with Gasteiger partial charge in [0, 0.05) is 13.1 Å². The van der Waals surface area contributed by atoms with Crippen LogP contribution in [0.3, 0.4) is 0 Å². The Bertz CT molecular complexity index is 319. The lowest BCUT2D eigenvalue weighted by Crippen LogP contribution is -2.59. The molecule has 0 aromatic rings. The molecule has 1 aliphatic heterocycles. The van der Waals surface area contributed by atoms with Gasteiger partial charge in [-0.1, -0.05) is 6.92 Å². The molecule has 1 atom stereocenters. The van der Waals surface area contributed by atoms with E-state index in [1.807, 2.05) is 6.92 Å². The number of nitrogens with zero attached hydrogens (tertiary/aromatic N) is 1. The van der Waals surface area contributed by atoms with Crippen LogP contribution in [0.4, 0.5) is 4.79 Å². The van der Waals surface area contributed by atoms with Crippen LogP contribution in [0.25, 0.3) is 0 Å². The first kappa shape index (κ1) is 14.8. The van der Waals surface area contributed by atoms with Gasteiger partial charge in [-0.2, -0.15) is 0 Å². The summed E-state index contributed by atoms with van der Waals surface area (Å²) in [6, 6.07) is -0.590. The first-order valence-corrected chi connectivity index (χ1v) is 6.19. The fourth-order valence-corrected chi connectivity index (χ4v) is 1.64. The average molecular weight is 258 g/mol. The molecule has 0 aromatic heterocycles. The number of hydrogen-bond donors (Lipinski definition) is 2. The topological polar surface area (TPSA) is 78.9 Å². The summed E-state index contributed by atoms with van der Waals surface area (Å²) >= 11 is 0. The van der Waals surface area contributed by atoms with Crippen molar-refractivity contribution < 1.29 is 19.4 Å². The molecule has 0 unspecified atom stereocenters. The molecule has 1 fully saturated rings. The first-order chi connectivity index (χ1) is 8.23. The maximum absolute atomic E-state index is 11.9. The van der Waals surface area contributed by atoms with Crippen LogP contribution in [-0.4, -0.2) is 52.8 Å². The van der Waals surface area contributed by atoms with Crippen molar-refractivity contribution in [3.8, 4) is 0 Å². The molecule has 1 heterocycles. The Balaban J connectivity index is 2.46. The van der Waals surface area contributed by atoms with Gasteiger partial charge in [0.2, 0.25) is 5.91 Å². The third-order valence-corrected chi connectivity index (χ3v) is 2.57. The fourth-order valence-electron chi connectivity index (χ4n) is 1.64. The largest absolute Gasteiger partial charge is 0.444 e. The maximum Gasteiger partial charge on any atom is 0.408 e. The smallest absolute Gasteiger partial charge is 0.408 e. The molecule has 6 heteroatoms. The van der Waals surface area contributed by atoms with Crippen LogP contribution in [0.15, 0.2) is 0 Å². The average Bonchev–Trinajstić information content (AvgIpc) is 2.18. The van der Waals surface area contributed by atoms with Gasteiger partial charge in [0.15, 0.2) is 0 Å². The summed E-state index contributed by atoms with van der Waals surface area (Å²) in [4.78, 5) is 25.0. The lowest BCUT2D eigenvalue weighted by Gasteiger charge is -2.38. The molecule has 0 radical (unpaired) electrons. The summed E-state index contributed by atoms with van der Waals surface area (Å²) in [5.41, 5.74) is -0.585. The number of hydrogen-bond acceptors (Lipinski definition) is 4. The highest BCUT2D eigenvalue weighted by atomic mass is 16.6. The number of nitrogens with one attached hydrogen (secondary N) is 1. The molecule has 18 heavy (non-hydrogen) atoms. The summed E-state index contributed by atoms with van der Waals surface area (Å²) in [6.07, 6.45) is -0.540. The van der Waals surface area contributed by atoms with E-state index in [1.54, 1.807) is 20.8 Å². The number of carbonyl (C=O) groups excluding carboxylic acids is 2. The van der Waals surface area contributed by atoms with Crippen LogP contribution in [0.5, 0.6) is 0 Å². The lowest BCUT2D eigenvalue weighted by atomic mass is 10.1. The minimum absolute atomic E-state index is 0.173. The molecule has 2 N–H and O–H groups in total. The Morgan fingerprint density at radius 2 is 2.00 bits per heavy atom. The van der Waals surface area contributed by atoms with E-state index in [0.717, 1.165) is 0 Å². The van der Waals surface area contributed by atoms with Crippen molar-refractivity contribution in [2.75, 3.05) is 13.1 Å². The minimum Gasteiger partial charge on any atom is -0.444 e. The minimum atomic E-state index is -0.594. The highest BCUT2D eigenvalue weighted by molar-refractivity contribution is 5.86. The number of ether oxygens (including phenoxy) is 1. The molecule has 0 saturated carbocycles. The van der Waals surface area contributed by atoms with E-state index in [0.29, 0.717) is 19.5 Å². The SMILES string of the molecule is CC[C@H](NC(=O)OC(C)(C)C)C(=O)N1CC(O)C1. The number of aliphatic hydroxyl groups is 1. The zero-order valence-electron chi connectivity index (χ0n) is 11.4. The molecule has 0 aromatic carbocycles. The number of β-amino-alcohol motifs (C(OH)–C–C–N with tert-alkyl or cyclic N) is 1. The van der Waals surface area contributed by atoms with Gasteiger partial charge in [-0.25, -0.2) is 4.79 Å². The summed E-state index contributed by atoms with van der Waals surface area (Å²) < 4.78 is 5.10. The van der Waals surface area contributed by atoms with Gasteiger partial charge in [0.05, 0.1) is 6.10 Å². The Labute approximate surface area is 107 Å². The number of aliphatic hydroxyl groups excluding tert-OH is 1. The van der Waals surface area contributed by atoms with E-state index in [1.165, 1.54) is 4.90 Å². The standard InChI is InChI=1S/C12H22N2O4/c1-5-9(10(16)14-6-8(15)7-14)13-11(17)18-12(2,3)4/h8-9,15H,5-7H2,1-4H3,(H,13,17)/t9-/m0/s1. The summed E-state index contributed by atoms with van der Waals surface area (Å²) in [6.45, 7) is 7.79. The van der Waals surface area contributed by atoms with Gasteiger partial charge in [-0.15, -0.1) is 0 Å². The molecule has 1 saturated heterocycles. The van der Waals surface area contributed by atoms with Gasteiger partial charge in [0.25, 0.3) is 0 Å². The van der Waals surface area contributed by atoms with Crippen molar-refractivity contribution in [3.05, 3.63) is 0 Å². The molecule has 0 aliphatic carbocycles. The zero-order chi connectivity index (χ0) is 13.9. The molecule has 2 amide bonds. The molecular weight excluding hydrogens is 236 g/mol. The molecule has 1 aliphatic rings. The second-order valence-electron chi connectivity index (χ2n) is 5.50. The van der Waals surface area contributed by atoms with E-state index >= 15 is 0 Å². The van der Waals surface area contributed by atoms with Crippen LogP contribution in [0.1, 0.15) is 34.1 Å². The molecule has 1 rings (SSSR count). The highest BCUT2D eigenvalue weighted by Gasteiger charge is 2.33. The number of carbonyl (C=O) groups is 2. The lowest BCUT2D eigenvalue weighted by molar-refractivity contribution is -0.143. The van der Waals surface area contributed by atoms with Crippen LogP contribution in [0.2, 0.25) is 0 Å². The predicted molar refractivity (Wildman–Crippen MR) is 66.0 cm³/mol.